The molecule has 4 amide bonds. The zero-order valence-corrected chi connectivity index (χ0v) is 12.8. The molecule has 23 heavy (non-hydrogen) atoms. The Morgan fingerprint density at radius 1 is 1.43 bits per heavy atom. The summed E-state index contributed by atoms with van der Waals surface area (Å²) in [6, 6.07) is 1.36. The predicted octanol–water partition coefficient (Wildman–Crippen LogP) is 1.07. The summed E-state index contributed by atoms with van der Waals surface area (Å²) in [5.74, 6) is -0.326. The van der Waals surface area contributed by atoms with Crippen molar-refractivity contribution >= 4 is 35.2 Å². The fraction of sp³-hybridized carbons (Fsp3) is 0.308. The summed E-state index contributed by atoms with van der Waals surface area (Å²) in [5.41, 5.74) is 0.789. The number of rotatable bonds is 5. The van der Waals surface area contributed by atoms with Crippen LogP contribution < -0.4 is 10.6 Å². The van der Waals surface area contributed by atoms with E-state index in [1.807, 2.05) is 16.8 Å². The molecule has 0 aromatic carbocycles. The lowest BCUT2D eigenvalue weighted by Crippen LogP contribution is -2.50. The molecule has 0 bridgehead atoms. The van der Waals surface area contributed by atoms with Crippen molar-refractivity contribution in [2.24, 2.45) is 0 Å². The van der Waals surface area contributed by atoms with E-state index in [4.69, 9.17) is 4.42 Å². The molecule has 9 nitrogen and oxygen atoms in total. The van der Waals surface area contributed by atoms with Crippen LogP contribution in [0.2, 0.25) is 0 Å². The van der Waals surface area contributed by atoms with E-state index in [-0.39, 0.29) is 37.2 Å². The van der Waals surface area contributed by atoms with E-state index in [2.05, 4.69) is 20.8 Å². The number of nitrogens with zero attached hydrogens (tertiary/aromatic N) is 3. The largest absolute Gasteiger partial charge is 0.403 e. The number of imide groups is 1. The number of urea groups is 1. The Morgan fingerprint density at radius 3 is 3.04 bits per heavy atom. The van der Waals surface area contributed by atoms with Crippen LogP contribution in [0.1, 0.15) is 12.8 Å². The minimum atomic E-state index is -0.480. The molecule has 3 rings (SSSR count). The lowest BCUT2D eigenvalue weighted by molar-refractivity contribution is -0.121. The minimum Gasteiger partial charge on any atom is -0.403 e. The van der Waals surface area contributed by atoms with Gasteiger partial charge in [-0.1, -0.05) is 5.10 Å². The van der Waals surface area contributed by atoms with Gasteiger partial charge in [-0.25, -0.2) is 4.79 Å². The number of anilines is 1. The van der Waals surface area contributed by atoms with Gasteiger partial charge in [-0.2, -0.15) is 11.3 Å². The molecular weight excluding hydrogens is 322 g/mol. The number of aromatic nitrogens is 2. The van der Waals surface area contributed by atoms with Gasteiger partial charge in [0.25, 0.3) is 5.89 Å². The van der Waals surface area contributed by atoms with Gasteiger partial charge >= 0.3 is 12.0 Å². The van der Waals surface area contributed by atoms with Crippen LogP contribution in [0.15, 0.2) is 21.2 Å². The summed E-state index contributed by atoms with van der Waals surface area (Å²) in [6.07, 6.45) is 0.304. The highest BCUT2D eigenvalue weighted by Crippen LogP contribution is 2.22. The van der Waals surface area contributed by atoms with E-state index in [1.165, 1.54) is 16.2 Å². The van der Waals surface area contributed by atoms with Crippen LogP contribution in [0.4, 0.5) is 10.8 Å². The summed E-state index contributed by atoms with van der Waals surface area (Å²) in [6.45, 7) is 0.511. The van der Waals surface area contributed by atoms with Crippen molar-refractivity contribution in [1.82, 2.24) is 20.4 Å². The summed E-state index contributed by atoms with van der Waals surface area (Å²) in [4.78, 5) is 35.8. The number of thiophene rings is 1. The number of hydrogen-bond acceptors (Lipinski definition) is 7. The first-order valence-corrected chi connectivity index (χ1v) is 7.81. The highest BCUT2D eigenvalue weighted by Gasteiger charge is 2.23. The first-order chi connectivity index (χ1) is 11.1. The first-order valence-electron chi connectivity index (χ1n) is 6.86. The molecule has 10 heteroatoms. The van der Waals surface area contributed by atoms with Crippen molar-refractivity contribution < 1.29 is 18.8 Å². The fourth-order valence-electron chi connectivity index (χ4n) is 2.01. The Labute approximate surface area is 134 Å². The average molecular weight is 335 g/mol. The molecule has 1 aliphatic rings. The minimum absolute atomic E-state index is 0.00877. The van der Waals surface area contributed by atoms with Crippen molar-refractivity contribution in [3.8, 4) is 11.5 Å². The van der Waals surface area contributed by atoms with Gasteiger partial charge in [0.15, 0.2) is 0 Å². The molecule has 0 unspecified atom stereocenters. The van der Waals surface area contributed by atoms with Crippen molar-refractivity contribution in [3.05, 3.63) is 16.8 Å². The maximum absolute atomic E-state index is 11.9. The molecule has 1 saturated heterocycles. The van der Waals surface area contributed by atoms with E-state index < -0.39 is 6.03 Å². The van der Waals surface area contributed by atoms with E-state index in [0.717, 1.165) is 5.56 Å². The van der Waals surface area contributed by atoms with Gasteiger partial charge in [-0.05, 0) is 11.4 Å². The van der Waals surface area contributed by atoms with Crippen LogP contribution >= 0.6 is 11.3 Å². The maximum Gasteiger partial charge on any atom is 0.324 e. The van der Waals surface area contributed by atoms with E-state index in [9.17, 15) is 14.4 Å². The number of carbonyl (C=O) groups is 3. The second-order valence-electron chi connectivity index (χ2n) is 4.81. The van der Waals surface area contributed by atoms with Gasteiger partial charge in [0, 0.05) is 36.9 Å². The summed E-state index contributed by atoms with van der Waals surface area (Å²) >= 11 is 1.50. The number of amides is 4. The Hall–Kier alpha value is -2.75. The molecule has 0 saturated carbocycles. The van der Waals surface area contributed by atoms with E-state index in [0.29, 0.717) is 12.4 Å². The van der Waals surface area contributed by atoms with Crippen LogP contribution in [0.5, 0.6) is 0 Å². The Morgan fingerprint density at radius 2 is 2.30 bits per heavy atom. The zero-order valence-electron chi connectivity index (χ0n) is 11.9. The second-order valence-corrected chi connectivity index (χ2v) is 5.59. The van der Waals surface area contributed by atoms with E-state index >= 15 is 0 Å². The average Bonchev–Trinajstić information content (AvgIpc) is 3.17. The van der Waals surface area contributed by atoms with Gasteiger partial charge in [-0.3, -0.25) is 20.2 Å². The summed E-state index contributed by atoms with van der Waals surface area (Å²) in [5, 5.41) is 16.0. The van der Waals surface area contributed by atoms with Crippen LogP contribution in [-0.4, -0.2) is 46.0 Å². The van der Waals surface area contributed by atoms with Crippen molar-refractivity contribution in [2.45, 2.75) is 12.8 Å². The van der Waals surface area contributed by atoms with Crippen LogP contribution in [-0.2, 0) is 9.59 Å². The zero-order chi connectivity index (χ0) is 16.2. The normalized spacial score (nSPS) is 14.7. The number of nitrogens with one attached hydrogen (secondary N) is 2. The monoisotopic (exact) mass is 335 g/mol. The first kappa shape index (κ1) is 15.2. The Bertz CT molecular complexity index is 727. The molecule has 1 aliphatic heterocycles. The van der Waals surface area contributed by atoms with Crippen molar-refractivity contribution in [2.75, 3.05) is 18.4 Å². The molecule has 0 atom stereocenters. The number of carbonyl (C=O) groups excluding carboxylic acids is 3. The van der Waals surface area contributed by atoms with Crippen LogP contribution in [0.25, 0.3) is 11.5 Å². The van der Waals surface area contributed by atoms with Crippen LogP contribution in [0, 0.1) is 0 Å². The fourth-order valence-corrected chi connectivity index (χ4v) is 2.64. The Balaban J connectivity index is 1.50. The van der Waals surface area contributed by atoms with Gasteiger partial charge in [-0.15, -0.1) is 5.10 Å². The molecule has 2 aromatic heterocycles. The third kappa shape index (κ3) is 3.72. The van der Waals surface area contributed by atoms with Gasteiger partial charge < -0.3 is 9.32 Å². The smallest absolute Gasteiger partial charge is 0.324 e. The quantitative estimate of drug-likeness (QED) is 0.844. The van der Waals surface area contributed by atoms with Crippen molar-refractivity contribution in [3.63, 3.8) is 0 Å². The van der Waals surface area contributed by atoms with Crippen molar-refractivity contribution in [1.29, 1.82) is 0 Å². The lowest BCUT2D eigenvalue weighted by Gasteiger charge is -2.25. The number of hydrogen-bond donors (Lipinski definition) is 2. The van der Waals surface area contributed by atoms with Gasteiger partial charge in [0.05, 0.1) is 0 Å². The van der Waals surface area contributed by atoms with E-state index in [1.54, 1.807) is 0 Å². The predicted molar refractivity (Wildman–Crippen MR) is 80.6 cm³/mol. The molecule has 1 fully saturated rings. The summed E-state index contributed by atoms with van der Waals surface area (Å²) in [7, 11) is 0. The molecule has 0 spiro atoms. The standard InChI is InChI=1S/C13H13N5O4S/c19-9(1-4-18-5-2-10(20)15-13(18)21)14-12-17-16-11(22-12)8-3-6-23-7-8/h3,6-7H,1-2,4-5H2,(H,14,17,19)(H,15,20,21). The second kappa shape index (κ2) is 6.57. The Kier molecular flexibility index (Phi) is 4.33. The molecule has 120 valence electrons. The van der Waals surface area contributed by atoms with Gasteiger partial charge in [0.1, 0.15) is 0 Å². The molecule has 0 radical (unpaired) electrons. The maximum atomic E-state index is 11.9. The molecular formula is C13H13N5O4S. The molecule has 0 aliphatic carbocycles. The third-order valence-electron chi connectivity index (χ3n) is 3.19. The molecule has 2 N–H and O–H groups in total. The third-order valence-corrected chi connectivity index (χ3v) is 3.87. The molecule has 2 aromatic rings. The van der Waals surface area contributed by atoms with Gasteiger partial charge in [0.2, 0.25) is 11.8 Å². The van der Waals surface area contributed by atoms with Crippen LogP contribution in [0.3, 0.4) is 0 Å². The SMILES string of the molecule is O=C1CCN(CCC(=O)Nc2nnc(-c3ccsc3)o2)C(=O)N1. The highest BCUT2D eigenvalue weighted by atomic mass is 32.1. The lowest BCUT2D eigenvalue weighted by atomic mass is 10.3. The highest BCUT2D eigenvalue weighted by molar-refractivity contribution is 7.08. The summed E-state index contributed by atoms with van der Waals surface area (Å²) < 4.78 is 5.34. The topological polar surface area (TPSA) is 117 Å². The molecule has 3 heterocycles.